The summed E-state index contributed by atoms with van der Waals surface area (Å²) in [5, 5.41) is 0. The molecular formula is C17H18O3S. The molecule has 0 amide bonds. The minimum atomic E-state index is -3.82. The van der Waals surface area contributed by atoms with Gasteiger partial charge in [0, 0.05) is 5.56 Å². The van der Waals surface area contributed by atoms with Gasteiger partial charge in [0.1, 0.15) is 4.90 Å². The van der Waals surface area contributed by atoms with E-state index < -0.39 is 10.1 Å². The molecule has 0 heterocycles. The van der Waals surface area contributed by atoms with Crippen molar-refractivity contribution in [3.63, 3.8) is 0 Å². The zero-order valence-electron chi connectivity index (χ0n) is 12.2. The molecule has 0 saturated heterocycles. The molecule has 21 heavy (non-hydrogen) atoms. The molecule has 0 fully saturated rings. The fourth-order valence-corrected chi connectivity index (χ4v) is 3.61. The summed E-state index contributed by atoms with van der Waals surface area (Å²) in [5.74, 6) is 0. The first-order valence-corrected chi connectivity index (χ1v) is 8.13. The monoisotopic (exact) mass is 302 g/mol. The minimum Gasteiger partial charge on any atom is -0.267 e. The molecule has 0 bridgehead atoms. The SMILES string of the molecule is C=Cc1cccc(-c2ccccc2C)c1S(=O)(=O)OCC. The van der Waals surface area contributed by atoms with E-state index in [1.165, 1.54) is 6.08 Å². The maximum Gasteiger partial charge on any atom is 0.298 e. The average Bonchev–Trinajstić information content (AvgIpc) is 2.47. The van der Waals surface area contributed by atoms with Gasteiger partial charge in [0.2, 0.25) is 0 Å². The maximum absolute atomic E-state index is 12.4. The summed E-state index contributed by atoms with van der Waals surface area (Å²) in [5.41, 5.74) is 3.06. The Hall–Kier alpha value is -1.91. The summed E-state index contributed by atoms with van der Waals surface area (Å²) in [4.78, 5) is 0.177. The lowest BCUT2D eigenvalue weighted by molar-refractivity contribution is 0.338. The zero-order valence-corrected chi connectivity index (χ0v) is 13.0. The van der Waals surface area contributed by atoms with E-state index in [4.69, 9.17) is 4.18 Å². The largest absolute Gasteiger partial charge is 0.298 e. The molecule has 3 nitrogen and oxygen atoms in total. The topological polar surface area (TPSA) is 43.4 Å². The maximum atomic E-state index is 12.4. The number of rotatable bonds is 5. The van der Waals surface area contributed by atoms with E-state index in [1.54, 1.807) is 19.1 Å². The lowest BCUT2D eigenvalue weighted by atomic mass is 9.99. The average molecular weight is 302 g/mol. The van der Waals surface area contributed by atoms with Gasteiger partial charge in [0.15, 0.2) is 0 Å². The molecule has 0 aromatic heterocycles. The Bertz CT molecular complexity index is 761. The van der Waals surface area contributed by atoms with Crippen LogP contribution in [0.1, 0.15) is 18.1 Å². The second-order valence-electron chi connectivity index (χ2n) is 4.60. The summed E-state index contributed by atoms with van der Waals surface area (Å²) in [6.07, 6.45) is 1.54. The normalized spacial score (nSPS) is 11.3. The molecule has 0 saturated carbocycles. The fourth-order valence-electron chi connectivity index (χ4n) is 2.30. The third-order valence-electron chi connectivity index (χ3n) is 3.22. The van der Waals surface area contributed by atoms with Crippen LogP contribution < -0.4 is 0 Å². The molecule has 0 aliphatic rings. The predicted octanol–water partition coefficient (Wildman–Crippen LogP) is 4.03. The third kappa shape index (κ3) is 3.06. The van der Waals surface area contributed by atoms with Crippen molar-refractivity contribution in [2.75, 3.05) is 6.61 Å². The Labute approximate surface area is 126 Å². The molecule has 0 unspecified atom stereocenters. The summed E-state index contributed by atoms with van der Waals surface area (Å²) in [6.45, 7) is 7.41. The van der Waals surface area contributed by atoms with Crippen molar-refractivity contribution in [2.45, 2.75) is 18.7 Å². The summed E-state index contributed by atoms with van der Waals surface area (Å²) >= 11 is 0. The van der Waals surface area contributed by atoms with E-state index in [9.17, 15) is 8.42 Å². The highest BCUT2D eigenvalue weighted by Crippen LogP contribution is 2.33. The van der Waals surface area contributed by atoms with Crippen LogP contribution in [0.25, 0.3) is 17.2 Å². The zero-order chi connectivity index (χ0) is 15.5. The van der Waals surface area contributed by atoms with Crippen LogP contribution in [0, 0.1) is 6.92 Å². The standard InChI is InChI=1S/C17H18O3S/c1-4-14-10-8-12-16(15-11-7-6-9-13(15)3)17(14)21(18,19)20-5-2/h4,6-12H,1,5H2,2-3H3. The molecule has 0 spiro atoms. The molecule has 0 atom stereocenters. The van der Waals surface area contributed by atoms with Crippen molar-refractivity contribution in [1.29, 1.82) is 0 Å². The fraction of sp³-hybridized carbons (Fsp3) is 0.176. The Balaban J connectivity index is 2.80. The molecule has 0 aliphatic carbocycles. The van der Waals surface area contributed by atoms with Crippen LogP contribution in [-0.4, -0.2) is 15.0 Å². The lowest BCUT2D eigenvalue weighted by Crippen LogP contribution is -2.09. The number of hydrogen-bond acceptors (Lipinski definition) is 3. The number of aryl methyl sites for hydroxylation is 1. The van der Waals surface area contributed by atoms with Crippen LogP contribution in [-0.2, 0) is 14.3 Å². The van der Waals surface area contributed by atoms with Crippen molar-refractivity contribution in [2.24, 2.45) is 0 Å². The van der Waals surface area contributed by atoms with Gasteiger partial charge in [-0.25, -0.2) is 0 Å². The molecule has 110 valence electrons. The van der Waals surface area contributed by atoms with Gasteiger partial charge >= 0.3 is 0 Å². The lowest BCUT2D eigenvalue weighted by Gasteiger charge is -2.14. The first-order valence-electron chi connectivity index (χ1n) is 6.72. The summed E-state index contributed by atoms with van der Waals surface area (Å²) in [7, 11) is -3.82. The van der Waals surface area contributed by atoms with E-state index in [0.717, 1.165) is 11.1 Å². The molecule has 0 radical (unpaired) electrons. The summed E-state index contributed by atoms with van der Waals surface area (Å²) < 4.78 is 29.9. The quantitative estimate of drug-likeness (QED) is 0.783. The van der Waals surface area contributed by atoms with Crippen molar-refractivity contribution < 1.29 is 12.6 Å². The van der Waals surface area contributed by atoms with Crippen LogP contribution in [0.3, 0.4) is 0 Å². The molecule has 2 aromatic carbocycles. The van der Waals surface area contributed by atoms with Crippen molar-refractivity contribution >= 4 is 16.2 Å². The van der Waals surface area contributed by atoms with E-state index in [-0.39, 0.29) is 11.5 Å². The summed E-state index contributed by atoms with van der Waals surface area (Å²) in [6, 6.07) is 13.0. The van der Waals surface area contributed by atoms with Gasteiger partial charge in [-0.3, -0.25) is 4.18 Å². The number of hydrogen-bond donors (Lipinski definition) is 0. The third-order valence-corrected chi connectivity index (χ3v) is 4.73. The molecule has 4 heteroatoms. The van der Waals surface area contributed by atoms with Crippen LogP contribution in [0.4, 0.5) is 0 Å². The highest BCUT2D eigenvalue weighted by molar-refractivity contribution is 7.87. The van der Waals surface area contributed by atoms with E-state index in [2.05, 4.69) is 6.58 Å². The van der Waals surface area contributed by atoms with Crippen LogP contribution in [0.2, 0.25) is 0 Å². The first-order chi connectivity index (χ1) is 10.0. The van der Waals surface area contributed by atoms with Crippen molar-refractivity contribution in [3.05, 3.63) is 60.2 Å². The van der Waals surface area contributed by atoms with Crippen molar-refractivity contribution in [1.82, 2.24) is 0 Å². The van der Waals surface area contributed by atoms with Gasteiger partial charge in [0.05, 0.1) is 6.61 Å². The molecule has 2 rings (SSSR count). The van der Waals surface area contributed by atoms with Gasteiger partial charge in [0.25, 0.3) is 10.1 Å². The van der Waals surface area contributed by atoms with Crippen LogP contribution in [0.5, 0.6) is 0 Å². The van der Waals surface area contributed by atoms with E-state index >= 15 is 0 Å². The Morgan fingerprint density at radius 2 is 1.76 bits per heavy atom. The number of benzene rings is 2. The minimum absolute atomic E-state index is 0.0982. The van der Waals surface area contributed by atoms with Gasteiger partial charge in [-0.15, -0.1) is 0 Å². The second-order valence-corrected chi connectivity index (χ2v) is 6.16. The molecule has 2 aromatic rings. The van der Waals surface area contributed by atoms with E-state index in [0.29, 0.717) is 11.1 Å². The van der Waals surface area contributed by atoms with E-state index in [1.807, 2.05) is 37.3 Å². The van der Waals surface area contributed by atoms with Crippen LogP contribution in [0.15, 0.2) is 53.9 Å². The Morgan fingerprint density at radius 1 is 1.10 bits per heavy atom. The second kappa shape index (κ2) is 6.24. The Morgan fingerprint density at radius 3 is 2.38 bits per heavy atom. The highest BCUT2D eigenvalue weighted by Gasteiger charge is 2.23. The van der Waals surface area contributed by atoms with Crippen LogP contribution >= 0.6 is 0 Å². The van der Waals surface area contributed by atoms with Gasteiger partial charge in [-0.05, 0) is 30.5 Å². The Kier molecular flexibility index (Phi) is 4.60. The molecule has 0 aliphatic heterocycles. The van der Waals surface area contributed by atoms with Gasteiger partial charge in [-0.2, -0.15) is 8.42 Å². The van der Waals surface area contributed by atoms with Crippen molar-refractivity contribution in [3.8, 4) is 11.1 Å². The highest BCUT2D eigenvalue weighted by atomic mass is 32.2. The molecule has 0 N–H and O–H groups in total. The molecular weight excluding hydrogens is 284 g/mol. The van der Waals surface area contributed by atoms with Gasteiger partial charge < -0.3 is 0 Å². The first kappa shape index (κ1) is 15.5. The van der Waals surface area contributed by atoms with Gasteiger partial charge in [-0.1, -0.05) is 55.1 Å². The predicted molar refractivity (Wildman–Crippen MR) is 85.5 cm³/mol. The smallest absolute Gasteiger partial charge is 0.267 e.